The summed E-state index contributed by atoms with van der Waals surface area (Å²) < 4.78 is 21.6. The first-order valence-electron chi connectivity index (χ1n) is 4.16. The van der Waals surface area contributed by atoms with Crippen LogP contribution in [0.4, 0.5) is 0 Å². The highest BCUT2D eigenvalue weighted by Gasteiger charge is 2.01. The van der Waals surface area contributed by atoms with Gasteiger partial charge in [0.05, 0.1) is 0 Å². The van der Waals surface area contributed by atoms with Crippen LogP contribution in [0.15, 0.2) is 29.7 Å². The Hall–Kier alpha value is -1.13. The molecule has 0 spiro atoms. The highest BCUT2D eigenvalue weighted by atomic mass is 32.2. The number of sulfonamides is 1. The minimum atomic E-state index is -3.55. The zero-order valence-corrected chi connectivity index (χ0v) is 9.01. The van der Waals surface area contributed by atoms with Crippen molar-refractivity contribution in [3.05, 3.63) is 40.8 Å². The molecule has 0 aromatic heterocycles. The molecular formula is C10H13NO2S. The molecule has 1 aromatic rings. The summed E-state index contributed by atoms with van der Waals surface area (Å²) in [5, 5.41) is 5.98. The molecule has 0 aliphatic heterocycles. The standard InChI is InChI=1S/C10H13NO2S/c1-8-4-3-5-10(6-8)9(2)7-14(11,12)13/h3-7H,1-2H3,(H2,11,12,13)/b9-7+. The summed E-state index contributed by atoms with van der Waals surface area (Å²) in [6, 6.07) is 7.60. The van der Waals surface area contributed by atoms with Gasteiger partial charge in [-0.3, -0.25) is 0 Å². The molecule has 0 saturated heterocycles. The van der Waals surface area contributed by atoms with E-state index in [1.807, 2.05) is 31.2 Å². The lowest BCUT2D eigenvalue weighted by Gasteiger charge is -2.01. The minimum Gasteiger partial charge on any atom is -0.225 e. The third kappa shape index (κ3) is 3.32. The molecule has 0 atom stereocenters. The predicted molar refractivity (Wildman–Crippen MR) is 57.9 cm³/mol. The number of hydrogen-bond donors (Lipinski definition) is 1. The van der Waals surface area contributed by atoms with Gasteiger partial charge in [-0.05, 0) is 25.0 Å². The van der Waals surface area contributed by atoms with E-state index in [2.05, 4.69) is 0 Å². The number of primary sulfonamides is 1. The third-order valence-electron chi connectivity index (χ3n) is 1.81. The Morgan fingerprint density at radius 1 is 1.43 bits per heavy atom. The highest BCUT2D eigenvalue weighted by molar-refractivity contribution is 7.92. The summed E-state index contributed by atoms with van der Waals surface area (Å²) in [5.41, 5.74) is 2.61. The molecule has 1 rings (SSSR count). The molecule has 3 nitrogen and oxygen atoms in total. The Labute approximate surface area is 84.3 Å². The molecular weight excluding hydrogens is 198 g/mol. The molecule has 14 heavy (non-hydrogen) atoms. The van der Waals surface area contributed by atoms with Crippen molar-refractivity contribution < 1.29 is 8.42 Å². The van der Waals surface area contributed by atoms with Crippen molar-refractivity contribution in [2.75, 3.05) is 0 Å². The second-order valence-corrected chi connectivity index (χ2v) is 4.67. The lowest BCUT2D eigenvalue weighted by Crippen LogP contribution is -2.07. The van der Waals surface area contributed by atoms with Crippen LogP contribution in [0.3, 0.4) is 0 Å². The van der Waals surface area contributed by atoms with Gasteiger partial charge in [0, 0.05) is 5.41 Å². The van der Waals surface area contributed by atoms with Crippen molar-refractivity contribution in [1.82, 2.24) is 0 Å². The van der Waals surface area contributed by atoms with Crippen LogP contribution in [0.1, 0.15) is 18.1 Å². The molecule has 0 aliphatic carbocycles. The second kappa shape index (κ2) is 3.94. The number of nitrogens with two attached hydrogens (primary N) is 1. The fraction of sp³-hybridized carbons (Fsp3) is 0.200. The Morgan fingerprint density at radius 3 is 2.57 bits per heavy atom. The van der Waals surface area contributed by atoms with E-state index >= 15 is 0 Å². The van der Waals surface area contributed by atoms with Crippen LogP contribution < -0.4 is 5.14 Å². The first-order valence-corrected chi connectivity index (χ1v) is 5.77. The van der Waals surface area contributed by atoms with Crippen LogP contribution >= 0.6 is 0 Å². The normalized spacial score (nSPS) is 12.9. The zero-order valence-electron chi connectivity index (χ0n) is 8.19. The number of hydrogen-bond acceptors (Lipinski definition) is 2. The average molecular weight is 211 g/mol. The van der Waals surface area contributed by atoms with E-state index in [-0.39, 0.29) is 0 Å². The molecule has 0 unspecified atom stereocenters. The maximum absolute atomic E-state index is 10.8. The summed E-state index contributed by atoms with van der Waals surface area (Å²) in [6.07, 6.45) is 0. The minimum absolute atomic E-state index is 0.649. The lowest BCUT2D eigenvalue weighted by atomic mass is 10.1. The van der Waals surface area contributed by atoms with Crippen molar-refractivity contribution in [3.8, 4) is 0 Å². The zero-order chi connectivity index (χ0) is 10.8. The monoisotopic (exact) mass is 211 g/mol. The van der Waals surface area contributed by atoms with Gasteiger partial charge in [0.2, 0.25) is 10.0 Å². The summed E-state index contributed by atoms with van der Waals surface area (Å²) in [7, 11) is -3.55. The van der Waals surface area contributed by atoms with Crippen molar-refractivity contribution in [2.45, 2.75) is 13.8 Å². The molecule has 76 valence electrons. The van der Waals surface area contributed by atoms with Crippen LogP contribution in [0.2, 0.25) is 0 Å². The first kappa shape index (κ1) is 10.9. The van der Waals surface area contributed by atoms with Gasteiger partial charge in [0.1, 0.15) is 0 Å². The molecule has 0 radical (unpaired) electrons. The van der Waals surface area contributed by atoms with Crippen LogP contribution in [0, 0.1) is 6.92 Å². The molecule has 1 aromatic carbocycles. The topological polar surface area (TPSA) is 60.2 Å². The predicted octanol–water partition coefficient (Wildman–Crippen LogP) is 1.64. The Bertz CT molecular complexity index is 461. The van der Waals surface area contributed by atoms with Gasteiger partial charge in [-0.25, -0.2) is 13.6 Å². The van der Waals surface area contributed by atoms with E-state index < -0.39 is 10.0 Å². The molecule has 0 aliphatic rings. The molecule has 2 N–H and O–H groups in total. The highest BCUT2D eigenvalue weighted by Crippen LogP contribution is 2.15. The van der Waals surface area contributed by atoms with Crippen molar-refractivity contribution in [1.29, 1.82) is 0 Å². The maximum atomic E-state index is 10.8. The van der Waals surface area contributed by atoms with E-state index in [0.29, 0.717) is 5.57 Å². The van der Waals surface area contributed by atoms with Crippen molar-refractivity contribution in [3.63, 3.8) is 0 Å². The SMILES string of the molecule is C/C(=C\S(N)(=O)=O)c1cccc(C)c1. The van der Waals surface area contributed by atoms with Gasteiger partial charge >= 0.3 is 0 Å². The van der Waals surface area contributed by atoms with Gasteiger partial charge in [-0.15, -0.1) is 0 Å². The average Bonchev–Trinajstić information content (AvgIpc) is 2.01. The number of rotatable bonds is 2. The largest absolute Gasteiger partial charge is 0.231 e. The maximum Gasteiger partial charge on any atom is 0.231 e. The second-order valence-electron chi connectivity index (χ2n) is 3.26. The van der Waals surface area contributed by atoms with E-state index in [1.165, 1.54) is 0 Å². The van der Waals surface area contributed by atoms with E-state index in [4.69, 9.17) is 5.14 Å². The molecule has 4 heteroatoms. The van der Waals surface area contributed by atoms with Gasteiger partial charge in [-0.2, -0.15) is 0 Å². The molecule has 0 amide bonds. The van der Waals surface area contributed by atoms with Crippen LogP contribution in [0.5, 0.6) is 0 Å². The quantitative estimate of drug-likeness (QED) is 0.808. The Morgan fingerprint density at radius 2 is 2.07 bits per heavy atom. The number of benzene rings is 1. The van der Waals surface area contributed by atoms with Gasteiger partial charge < -0.3 is 0 Å². The molecule has 0 fully saturated rings. The van der Waals surface area contributed by atoms with E-state index in [0.717, 1.165) is 16.5 Å². The van der Waals surface area contributed by atoms with Crippen molar-refractivity contribution in [2.24, 2.45) is 5.14 Å². The van der Waals surface area contributed by atoms with Gasteiger partial charge in [-0.1, -0.05) is 29.8 Å². The van der Waals surface area contributed by atoms with Gasteiger partial charge in [0.25, 0.3) is 0 Å². The van der Waals surface area contributed by atoms with Crippen LogP contribution in [-0.2, 0) is 10.0 Å². The summed E-state index contributed by atoms with van der Waals surface area (Å²) >= 11 is 0. The summed E-state index contributed by atoms with van der Waals surface area (Å²) in [6.45, 7) is 3.67. The fourth-order valence-corrected chi connectivity index (χ4v) is 1.83. The summed E-state index contributed by atoms with van der Waals surface area (Å²) in [5.74, 6) is 0. The van der Waals surface area contributed by atoms with E-state index in [9.17, 15) is 8.42 Å². The van der Waals surface area contributed by atoms with E-state index in [1.54, 1.807) is 6.92 Å². The fourth-order valence-electron chi connectivity index (χ4n) is 1.20. The van der Waals surface area contributed by atoms with Crippen LogP contribution in [-0.4, -0.2) is 8.42 Å². The lowest BCUT2D eigenvalue weighted by molar-refractivity contribution is 0.606. The molecule has 0 bridgehead atoms. The smallest absolute Gasteiger partial charge is 0.225 e. The number of aryl methyl sites for hydroxylation is 1. The Balaban J connectivity index is 3.13. The molecule has 0 heterocycles. The van der Waals surface area contributed by atoms with Gasteiger partial charge in [0.15, 0.2) is 0 Å². The third-order valence-corrected chi connectivity index (χ3v) is 2.50. The van der Waals surface area contributed by atoms with Crippen molar-refractivity contribution >= 4 is 15.6 Å². The van der Waals surface area contributed by atoms with Crippen LogP contribution in [0.25, 0.3) is 5.57 Å². The summed E-state index contributed by atoms with van der Waals surface area (Å²) in [4.78, 5) is 0. The Kier molecular flexibility index (Phi) is 3.08. The number of allylic oxidation sites excluding steroid dienone is 1. The first-order chi connectivity index (χ1) is 6.38. The molecule has 0 saturated carbocycles.